The number of nitrogens with zero attached hydrogens (tertiary/aromatic N) is 2. The molecule has 0 saturated carbocycles. The molecule has 0 bridgehead atoms. The first kappa shape index (κ1) is 13.7. The van der Waals surface area contributed by atoms with Crippen LogP contribution in [0.3, 0.4) is 0 Å². The van der Waals surface area contributed by atoms with Crippen molar-refractivity contribution in [2.45, 2.75) is 0 Å². The SMILES string of the molecule is O=C(Nc1cc(Cl)ccc1Cl)Nn1cnc2ccccc21. The first-order valence-electron chi connectivity index (χ1n) is 6.08. The summed E-state index contributed by atoms with van der Waals surface area (Å²) in [5, 5.41) is 3.54. The quantitative estimate of drug-likeness (QED) is 0.746. The third kappa shape index (κ3) is 2.94. The van der Waals surface area contributed by atoms with Gasteiger partial charge in [-0.15, -0.1) is 0 Å². The number of amides is 2. The Balaban J connectivity index is 1.79. The minimum Gasteiger partial charge on any atom is -0.305 e. The smallest absolute Gasteiger partial charge is 0.305 e. The Morgan fingerprint density at radius 1 is 1.14 bits per heavy atom. The van der Waals surface area contributed by atoms with Crippen LogP contribution in [0.5, 0.6) is 0 Å². The van der Waals surface area contributed by atoms with Crippen LogP contribution in [0.1, 0.15) is 0 Å². The number of carbonyl (C=O) groups is 1. The van der Waals surface area contributed by atoms with Gasteiger partial charge in [0.05, 0.1) is 21.7 Å². The predicted molar refractivity (Wildman–Crippen MR) is 84.6 cm³/mol. The van der Waals surface area contributed by atoms with Gasteiger partial charge in [0.15, 0.2) is 0 Å². The number of urea groups is 1. The molecule has 2 amide bonds. The number of halogens is 2. The van der Waals surface area contributed by atoms with E-state index in [1.54, 1.807) is 18.2 Å². The highest BCUT2D eigenvalue weighted by atomic mass is 35.5. The molecule has 2 N–H and O–H groups in total. The van der Waals surface area contributed by atoms with Gasteiger partial charge in [-0.05, 0) is 30.3 Å². The Bertz CT molecular complexity index is 816. The molecular formula is C14H10Cl2N4O. The molecule has 1 heterocycles. The number of benzene rings is 2. The lowest BCUT2D eigenvalue weighted by atomic mass is 10.3. The maximum Gasteiger partial charge on any atom is 0.338 e. The summed E-state index contributed by atoms with van der Waals surface area (Å²) < 4.78 is 1.53. The molecule has 0 saturated heterocycles. The molecule has 1 aromatic heterocycles. The molecule has 0 aliphatic rings. The van der Waals surface area contributed by atoms with Gasteiger partial charge >= 0.3 is 6.03 Å². The summed E-state index contributed by atoms with van der Waals surface area (Å²) in [4.78, 5) is 16.2. The highest BCUT2D eigenvalue weighted by molar-refractivity contribution is 6.35. The van der Waals surface area contributed by atoms with E-state index in [1.165, 1.54) is 11.0 Å². The van der Waals surface area contributed by atoms with E-state index in [4.69, 9.17) is 23.2 Å². The fourth-order valence-corrected chi connectivity index (χ4v) is 2.24. The number of rotatable bonds is 2. The van der Waals surface area contributed by atoms with E-state index in [0.29, 0.717) is 15.7 Å². The highest BCUT2D eigenvalue weighted by Gasteiger charge is 2.08. The van der Waals surface area contributed by atoms with Crippen LogP contribution in [0, 0.1) is 0 Å². The number of hydrogen-bond acceptors (Lipinski definition) is 2. The maximum absolute atomic E-state index is 12.0. The molecule has 0 fully saturated rings. The third-order valence-corrected chi connectivity index (χ3v) is 3.42. The normalized spacial score (nSPS) is 10.6. The summed E-state index contributed by atoms with van der Waals surface area (Å²) in [7, 11) is 0. The van der Waals surface area contributed by atoms with Gasteiger partial charge in [0.2, 0.25) is 0 Å². The van der Waals surface area contributed by atoms with Crippen molar-refractivity contribution >= 4 is 46.0 Å². The second kappa shape index (κ2) is 5.63. The zero-order chi connectivity index (χ0) is 14.8. The summed E-state index contributed by atoms with van der Waals surface area (Å²) >= 11 is 11.9. The van der Waals surface area contributed by atoms with Gasteiger partial charge in [-0.2, -0.15) is 0 Å². The minimum atomic E-state index is -0.442. The van der Waals surface area contributed by atoms with Crippen molar-refractivity contribution in [3.63, 3.8) is 0 Å². The summed E-state index contributed by atoms with van der Waals surface area (Å²) in [5.41, 5.74) is 4.69. The van der Waals surface area contributed by atoms with Crippen LogP contribution >= 0.6 is 23.2 Å². The Kier molecular flexibility index (Phi) is 3.68. The zero-order valence-electron chi connectivity index (χ0n) is 10.7. The number of aromatic nitrogens is 2. The Hall–Kier alpha value is -2.24. The van der Waals surface area contributed by atoms with Crippen molar-refractivity contribution in [3.8, 4) is 0 Å². The standard InChI is InChI=1S/C14H10Cl2N4O/c15-9-5-6-10(16)12(7-9)18-14(21)19-20-8-17-11-3-1-2-4-13(11)20/h1-8H,(H2,18,19,21). The Morgan fingerprint density at radius 3 is 2.81 bits per heavy atom. The average molecular weight is 321 g/mol. The number of carbonyl (C=O) groups excluding carboxylic acids is 1. The van der Waals surface area contributed by atoms with E-state index < -0.39 is 6.03 Å². The zero-order valence-corrected chi connectivity index (χ0v) is 12.2. The van der Waals surface area contributed by atoms with Gasteiger partial charge in [0.1, 0.15) is 6.33 Å². The number of hydrogen-bond donors (Lipinski definition) is 2. The van der Waals surface area contributed by atoms with Gasteiger partial charge in [-0.1, -0.05) is 35.3 Å². The molecule has 0 spiro atoms. The number of anilines is 1. The van der Waals surface area contributed by atoms with Crippen molar-refractivity contribution in [1.82, 2.24) is 9.66 Å². The summed E-state index contributed by atoms with van der Waals surface area (Å²) in [5.74, 6) is 0. The van der Waals surface area contributed by atoms with Crippen molar-refractivity contribution in [2.24, 2.45) is 0 Å². The molecule has 0 atom stereocenters. The van der Waals surface area contributed by atoms with Crippen molar-refractivity contribution in [2.75, 3.05) is 10.7 Å². The number of fused-ring (bicyclic) bond motifs is 1. The van der Waals surface area contributed by atoms with Gasteiger partial charge in [-0.25, -0.2) is 19.9 Å². The topological polar surface area (TPSA) is 59.0 Å². The molecule has 5 nitrogen and oxygen atoms in total. The minimum absolute atomic E-state index is 0.407. The van der Waals surface area contributed by atoms with E-state index in [0.717, 1.165) is 11.0 Å². The molecule has 0 unspecified atom stereocenters. The summed E-state index contributed by atoms with van der Waals surface area (Å²) in [6.45, 7) is 0. The van der Waals surface area contributed by atoms with Crippen molar-refractivity contribution in [3.05, 3.63) is 58.8 Å². The van der Waals surface area contributed by atoms with Crippen LogP contribution < -0.4 is 10.7 Å². The molecule has 2 aromatic carbocycles. The van der Waals surface area contributed by atoms with E-state index >= 15 is 0 Å². The van der Waals surface area contributed by atoms with Gasteiger partial charge in [-0.3, -0.25) is 0 Å². The molecular weight excluding hydrogens is 311 g/mol. The molecule has 106 valence electrons. The van der Waals surface area contributed by atoms with E-state index in [-0.39, 0.29) is 0 Å². The van der Waals surface area contributed by atoms with Crippen molar-refractivity contribution < 1.29 is 4.79 Å². The van der Waals surface area contributed by atoms with E-state index in [9.17, 15) is 4.79 Å². The van der Waals surface area contributed by atoms with Gasteiger partial charge in [0, 0.05) is 5.02 Å². The Morgan fingerprint density at radius 2 is 1.95 bits per heavy atom. The summed E-state index contributed by atoms with van der Waals surface area (Å²) in [6.07, 6.45) is 1.53. The molecule has 21 heavy (non-hydrogen) atoms. The largest absolute Gasteiger partial charge is 0.338 e. The van der Waals surface area contributed by atoms with Crippen LogP contribution in [-0.2, 0) is 0 Å². The fraction of sp³-hybridized carbons (Fsp3) is 0. The summed E-state index contributed by atoms with van der Waals surface area (Å²) in [6, 6.07) is 11.9. The molecule has 0 radical (unpaired) electrons. The first-order chi connectivity index (χ1) is 10.1. The maximum atomic E-state index is 12.0. The lowest BCUT2D eigenvalue weighted by Gasteiger charge is -2.10. The van der Waals surface area contributed by atoms with Crippen LogP contribution in [-0.4, -0.2) is 15.7 Å². The van der Waals surface area contributed by atoms with Crippen LogP contribution in [0.25, 0.3) is 11.0 Å². The van der Waals surface area contributed by atoms with E-state index in [2.05, 4.69) is 15.7 Å². The predicted octanol–water partition coefficient (Wildman–Crippen LogP) is 4.12. The number of para-hydroxylation sites is 2. The second-order valence-electron chi connectivity index (χ2n) is 4.29. The first-order valence-corrected chi connectivity index (χ1v) is 6.84. The van der Waals surface area contributed by atoms with Gasteiger partial charge in [0.25, 0.3) is 0 Å². The molecule has 7 heteroatoms. The van der Waals surface area contributed by atoms with Crippen molar-refractivity contribution in [1.29, 1.82) is 0 Å². The second-order valence-corrected chi connectivity index (χ2v) is 5.14. The number of imidazole rings is 1. The number of nitrogens with one attached hydrogen (secondary N) is 2. The molecule has 3 rings (SSSR count). The highest BCUT2D eigenvalue weighted by Crippen LogP contribution is 2.25. The fourth-order valence-electron chi connectivity index (χ4n) is 1.90. The van der Waals surface area contributed by atoms with Crippen LogP contribution in [0.15, 0.2) is 48.8 Å². The monoisotopic (exact) mass is 320 g/mol. The van der Waals surface area contributed by atoms with E-state index in [1.807, 2.05) is 24.3 Å². The van der Waals surface area contributed by atoms with Crippen LogP contribution in [0.4, 0.5) is 10.5 Å². The molecule has 3 aromatic rings. The third-order valence-electron chi connectivity index (χ3n) is 2.85. The lowest BCUT2D eigenvalue weighted by Crippen LogP contribution is -2.27. The van der Waals surface area contributed by atoms with Gasteiger partial charge < -0.3 is 5.32 Å². The Labute approximate surface area is 130 Å². The lowest BCUT2D eigenvalue weighted by molar-refractivity contribution is 0.260. The average Bonchev–Trinajstić information content (AvgIpc) is 2.86. The molecule has 0 aliphatic heterocycles. The van der Waals surface area contributed by atoms with Crippen LogP contribution in [0.2, 0.25) is 10.0 Å². The molecule has 0 aliphatic carbocycles.